The average molecular weight is 320 g/mol. The number of nitrogens with one attached hydrogen (secondary N) is 1. The maximum atomic E-state index is 4.54. The van der Waals surface area contributed by atoms with E-state index in [9.17, 15) is 0 Å². The minimum atomic E-state index is 0.791. The van der Waals surface area contributed by atoms with Gasteiger partial charge in [-0.2, -0.15) is 16.4 Å². The second-order valence-electron chi connectivity index (χ2n) is 5.37. The Bertz CT molecular complexity index is 894. The van der Waals surface area contributed by atoms with Crippen LogP contribution in [0.3, 0.4) is 0 Å². The van der Waals surface area contributed by atoms with Crippen LogP contribution >= 0.6 is 11.3 Å². The van der Waals surface area contributed by atoms with Crippen molar-refractivity contribution in [1.29, 1.82) is 0 Å². The van der Waals surface area contributed by atoms with Crippen LogP contribution in [-0.4, -0.2) is 14.6 Å². The van der Waals surface area contributed by atoms with Gasteiger partial charge in [-0.3, -0.25) is 4.98 Å². The molecule has 0 fully saturated rings. The molecule has 1 N–H and O–H groups in total. The summed E-state index contributed by atoms with van der Waals surface area (Å²) in [4.78, 5) is 4.54. The van der Waals surface area contributed by atoms with Crippen LogP contribution in [0.4, 0.5) is 0 Å². The van der Waals surface area contributed by atoms with Gasteiger partial charge in [0.2, 0.25) is 0 Å². The van der Waals surface area contributed by atoms with E-state index < -0.39 is 0 Å². The molecule has 4 nitrogen and oxygen atoms in total. The van der Waals surface area contributed by atoms with Crippen molar-refractivity contribution in [2.24, 2.45) is 0 Å². The molecule has 0 saturated heterocycles. The largest absolute Gasteiger partial charge is 0.308 e. The summed E-state index contributed by atoms with van der Waals surface area (Å²) in [6.07, 6.45) is 5.82. The third-order valence-corrected chi connectivity index (χ3v) is 4.48. The van der Waals surface area contributed by atoms with E-state index >= 15 is 0 Å². The van der Waals surface area contributed by atoms with Crippen LogP contribution < -0.4 is 5.32 Å². The predicted molar refractivity (Wildman–Crippen MR) is 93.3 cm³/mol. The van der Waals surface area contributed by atoms with E-state index in [4.69, 9.17) is 0 Å². The number of fused-ring (bicyclic) bond motifs is 1. The minimum absolute atomic E-state index is 0.791. The molecule has 5 heteroatoms. The Morgan fingerprint density at radius 3 is 2.87 bits per heavy atom. The quantitative estimate of drug-likeness (QED) is 0.609. The van der Waals surface area contributed by atoms with Crippen molar-refractivity contribution >= 4 is 16.9 Å². The fourth-order valence-corrected chi connectivity index (χ4v) is 3.22. The average Bonchev–Trinajstić information content (AvgIpc) is 3.26. The molecule has 4 aromatic rings. The lowest BCUT2D eigenvalue weighted by atomic mass is 10.2. The molecule has 0 spiro atoms. The van der Waals surface area contributed by atoms with E-state index in [-0.39, 0.29) is 0 Å². The Kier molecular flexibility index (Phi) is 3.88. The topological polar surface area (TPSA) is 42.2 Å². The van der Waals surface area contributed by atoms with Gasteiger partial charge in [0, 0.05) is 42.0 Å². The van der Waals surface area contributed by atoms with Gasteiger partial charge in [0.15, 0.2) is 0 Å². The van der Waals surface area contributed by atoms with E-state index in [0.29, 0.717) is 0 Å². The van der Waals surface area contributed by atoms with Crippen LogP contribution in [0.25, 0.3) is 16.8 Å². The molecule has 0 atom stereocenters. The lowest BCUT2D eigenvalue weighted by Gasteiger charge is -2.05. The summed E-state index contributed by atoms with van der Waals surface area (Å²) in [5.41, 5.74) is 5.73. The Balaban J connectivity index is 1.39. The first kappa shape index (κ1) is 14.1. The molecule has 0 aliphatic carbocycles. The van der Waals surface area contributed by atoms with Crippen molar-refractivity contribution in [3.63, 3.8) is 0 Å². The molecule has 0 aliphatic heterocycles. The molecule has 114 valence electrons. The van der Waals surface area contributed by atoms with Gasteiger partial charge in [-0.05, 0) is 35.2 Å². The van der Waals surface area contributed by atoms with E-state index in [1.54, 1.807) is 11.3 Å². The van der Waals surface area contributed by atoms with E-state index in [0.717, 1.165) is 24.3 Å². The van der Waals surface area contributed by atoms with Crippen molar-refractivity contribution in [2.45, 2.75) is 13.1 Å². The van der Waals surface area contributed by atoms with E-state index in [1.807, 2.05) is 35.2 Å². The summed E-state index contributed by atoms with van der Waals surface area (Å²) >= 11 is 1.69. The summed E-state index contributed by atoms with van der Waals surface area (Å²) in [6.45, 7) is 1.58. The lowest BCUT2D eigenvalue weighted by molar-refractivity contribution is 0.694. The molecule has 0 radical (unpaired) electrons. The van der Waals surface area contributed by atoms with Crippen molar-refractivity contribution in [1.82, 2.24) is 19.9 Å². The third-order valence-electron chi connectivity index (χ3n) is 3.79. The summed E-state index contributed by atoms with van der Waals surface area (Å²) in [5.74, 6) is 0. The Hall–Kier alpha value is -2.50. The van der Waals surface area contributed by atoms with Crippen LogP contribution in [0.5, 0.6) is 0 Å². The summed E-state index contributed by atoms with van der Waals surface area (Å²) in [6, 6.07) is 12.4. The number of hydrogen-bond donors (Lipinski definition) is 1. The first-order valence-electron chi connectivity index (χ1n) is 7.49. The standard InChI is InChI=1S/C18H16N4S/c1-2-7-22-18(3-1)16(12-21-22)11-19-9-14-4-5-17(20-10-14)15-6-8-23-13-15/h1-8,10,12-13,19H,9,11H2. The van der Waals surface area contributed by atoms with Crippen molar-refractivity contribution in [3.8, 4) is 11.3 Å². The molecule has 4 aromatic heterocycles. The summed E-state index contributed by atoms with van der Waals surface area (Å²) < 4.78 is 1.90. The molecule has 0 amide bonds. The molecule has 4 rings (SSSR count). The normalized spacial score (nSPS) is 11.1. The van der Waals surface area contributed by atoms with Crippen LogP contribution in [-0.2, 0) is 13.1 Å². The molecule has 0 aromatic carbocycles. The number of hydrogen-bond acceptors (Lipinski definition) is 4. The number of rotatable bonds is 5. The Morgan fingerprint density at radius 2 is 2.04 bits per heavy atom. The van der Waals surface area contributed by atoms with Gasteiger partial charge in [0.1, 0.15) is 0 Å². The zero-order valence-corrected chi connectivity index (χ0v) is 13.3. The molecule has 0 bridgehead atoms. The number of aromatic nitrogens is 3. The van der Waals surface area contributed by atoms with Gasteiger partial charge >= 0.3 is 0 Å². The maximum absolute atomic E-state index is 4.54. The highest BCUT2D eigenvalue weighted by Gasteiger charge is 2.03. The maximum Gasteiger partial charge on any atom is 0.0710 e. The van der Waals surface area contributed by atoms with E-state index in [1.165, 1.54) is 16.7 Å². The minimum Gasteiger partial charge on any atom is -0.308 e. The molecule has 0 saturated carbocycles. The Morgan fingerprint density at radius 1 is 1.04 bits per heavy atom. The number of pyridine rings is 2. The Labute approximate surface area is 138 Å². The van der Waals surface area contributed by atoms with Gasteiger partial charge in [0.25, 0.3) is 0 Å². The van der Waals surface area contributed by atoms with Crippen molar-refractivity contribution in [2.75, 3.05) is 0 Å². The van der Waals surface area contributed by atoms with Crippen LogP contribution in [0, 0.1) is 0 Å². The van der Waals surface area contributed by atoms with Crippen molar-refractivity contribution in [3.05, 3.63) is 76.9 Å². The van der Waals surface area contributed by atoms with E-state index in [2.05, 4.69) is 50.4 Å². The van der Waals surface area contributed by atoms with Crippen LogP contribution in [0.2, 0.25) is 0 Å². The molecule has 4 heterocycles. The smallest absolute Gasteiger partial charge is 0.0710 e. The second-order valence-corrected chi connectivity index (χ2v) is 6.15. The fourth-order valence-electron chi connectivity index (χ4n) is 2.58. The van der Waals surface area contributed by atoms with Gasteiger partial charge < -0.3 is 5.32 Å². The highest BCUT2D eigenvalue weighted by atomic mass is 32.1. The van der Waals surface area contributed by atoms with Gasteiger partial charge in [0.05, 0.1) is 17.4 Å². The zero-order chi connectivity index (χ0) is 15.5. The summed E-state index contributed by atoms with van der Waals surface area (Å²) in [5, 5.41) is 12.0. The fraction of sp³-hybridized carbons (Fsp3) is 0.111. The number of thiophene rings is 1. The first-order chi connectivity index (χ1) is 11.4. The predicted octanol–water partition coefficient (Wildman–Crippen LogP) is 3.75. The first-order valence-corrected chi connectivity index (χ1v) is 8.44. The SMILES string of the molecule is c1ccn2ncc(CNCc3ccc(-c4ccsc4)nc3)c2c1. The van der Waals surface area contributed by atoms with Gasteiger partial charge in [-0.15, -0.1) is 0 Å². The van der Waals surface area contributed by atoms with Gasteiger partial charge in [-0.25, -0.2) is 4.52 Å². The lowest BCUT2D eigenvalue weighted by Crippen LogP contribution is -2.12. The van der Waals surface area contributed by atoms with Crippen molar-refractivity contribution < 1.29 is 0 Å². The summed E-state index contributed by atoms with van der Waals surface area (Å²) in [7, 11) is 0. The molecular formula is C18H16N4S. The highest BCUT2D eigenvalue weighted by Crippen LogP contribution is 2.19. The van der Waals surface area contributed by atoms with Crippen LogP contribution in [0.15, 0.2) is 65.7 Å². The monoisotopic (exact) mass is 320 g/mol. The highest BCUT2D eigenvalue weighted by molar-refractivity contribution is 7.08. The number of nitrogens with zero attached hydrogens (tertiary/aromatic N) is 3. The zero-order valence-electron chi connectivity index (χ0n) is 12.5. The molecule has 0 aliphatic rings. The van der Waals surface area contributed by atoms with Gasteiger partial charge in [-0.1, -0.05) is 12.1 Å². The van der Waals surface area contributed by atoms with Crippen LogP contribution in [0.1, 0.15) is 11.1 Å². The second kappa shape index (κ2) is 6.32. The third kappa shape index (κ3) is 3.02. The molecule has 23 heavy (non-hydrogen) atoms. The molecule has 0 unspecified atom stereocenters. The molecular weight excluding hydrogens is 304 g/mol.